The van der Waals surface area contributed by atoms with E-state index >= 15 is 0 Å². The molecule has 7 heteroatoms. The number of halogens is 1. The van der Waals surface area contributed by atoms with Crippen molar-refractivity contribution in [3.63, 3.8) is 0 Å². The Morgan fingerprint density at radius 3 is 2.68 bits per heavy atom. The van der Waals surface area contributed by atoms with Gasteiger partial charge < -0.3 is 0 Å². The van der Waals surface area contributed by atoms with Gasteiger partial charge in [-0.05, 0) is 26.0 Å². The molecule has 2 rings (SSSR count). The first-order valence-corrected chi connectivity index (χ1v) is 7.92. The summed E-state index contributed by atoms with van der Waals surface area (Å²) in [5.41, 5.74) is 4.96. The van der Waals surface area contributed by atoms with Crippen molar-refractivity contribution in [2.24, 2.45) is 5.10 Å². The number of hydrazone groups is 1. The van der Waals surface area contributed by atoms with Crippen molar-refractivity contribution in [3.8, 4) is 0 Å². The second-order valence-corrected chi connectivity index (χ2v) is 5.89. The summed E-state index contributed by atoms with van der Waals surface area (Å²) in [6.07, 6.45) is 1.51. The molecule has 22 heavy (non-hydrogen) atoms. The van der Waals surface area contributed by atoms with E-state index in [-0.39, 0.29) is 11.7 Å². The zero-order valence-electron chi connectivity index (χ0n) is 12.2. The Hall–Kier alpha value is -1.92. The summed E-state index contributed by atoms with van der Waals surface area (Å²) in [5.74, 6) is -0.0287. The Kier molecular flexibility index (Phi) is 5.91. The third-order valence-corrected chi connectivity index (χ3v) is 3.78. The van der Waals surface area contributed by atoms with Crippen molar-refractivity contribution in [2.45, 2.75) is 19.0 Å². The van der Waals surface area contributed by atoms with Crippen LogP contribution in [0.2, 0.25) is 5.02 Å². The van der Waals surface area contributed by atoms with Gasteiger partial charge in [0.05, 0.1) is 12.0 Å². The number of hydrogen-bond acceptors (Lipinski definition) is 5. The van der Waals surface area contributed by atoms with Crippen molar-refractivity contribution < 1.29 is 4.79 Å². The zero-order valence-corrected chi connectivity index (χ0v) is 13.8. The lowest BCUT2D eigenvalue weighted by Crippen LogP contribution is -2.19. The van der Waals surface area contributed by atoms with Crippen molar-refractivity contribution >= 4 is 35.5 Å². The molecule has 114 valence electrons. The second kappa shape index (κ2) is 7.91. The molecule has 1 heterocycles. The minimum atomic E-state index is -0.226. The van der Waals surface area contributed by atoms with Gasteiger partial charge in [-0.15, -0.1) is 0 Å². The molecule has 1 aromatic carbocycles. The number of rotatable bonds is 5. The van der Waals surface area contributed by atoms with Gasteiger partial charge in [-0.25, -0.2) is 15.4 Å². The molecule has 0 aliphatic rings. The number of benzene rings is 1. The van der Waals surface area contributed by atoms with E-state index in [9.17, 15) is 4.79 Å². The number of amides is 1. The average Bonchev–Trinajstić information content (AvgIpc) is 2.46. The SMILES string of the molecule is Cc1cc(C)nc(SCC(=O)N/N=C/c2ccccc2Cl)n1. The normalized spacial score (nSPS) is 10.9. The fraction of sp³-hybridized carbons (Fsp3) is 0.200. The highest BCUT2D eigenvalue weighted by molar-refractivity contribution is 7.99. The van der Waals surface area contributed by atoms with Crippen LogP contribution in [0.4, 0.5) is 0 Å². The van der Waals surface area contributed by atoms with E-state index in [1.54, 1.807) is 6.07 Å². The van der Waals surface area contributed by atoms with E-state index < -0.39 is 0 Å². The standard InChI is InChI=1S/C15H15ClN4OS/c1-10-7-11(2)19-15(18-10)22-9-14(21)20-17-8-12-5-3-4-6-13(12)16/h3-8H,9H2,1-2H3,(H,20,21)/b17-8+. The summed E-state index contributed by atoms with van der Waals surface area (Å²) in [7, 11) is 0. The Labute approximate surface area is 138 Å². The number of aromatic nitrogens is 2. The maximum atomic E-state index is 11.7. The van der Waals surface area contributed by atoms with Crippen LogP contribution in [0.25, 0.3) is 0 Å². The topological polar surface area (TPSA) is 67.2 Å². The number of nitrogens with zero attached hydrogens (tertiary/aromatic N) is 3. The van der Waals surface area contributed by atoms with Gasteiger partial charge in [-0.1, -0.05) is 41.6 Å². The molecule has 0 bridgehead atoms. The van der Waals surface area contributed by atoms with E-state index in [1.807, 2.05) is 38.1 Å². The predicted octanol–water partition coefficient (Wildman–Crippen LogP) is 2.99. The van der Waals surface area contributed by atoms with Gasteiger partial charge in [-0.3, -0.25) is 4.79 Å². The van der Waals surface area contributed by atoms with E-state index in [4.69, 9.17) is 11.6 Å². The molecule has 0 fully saturated rings. The van der Waals surface area contributed by atoms with Crippen LogP contribution in [-0.2, 0) is 4.79 Å². The van der Waals surface area contributed by atoms with Crippen LogP contribution in [-0.4, -0.2) is 27.8 Å². The minimum absolute atomic E-state index is 0.197. The summed E-state index contributed by atoms with van der Waals surface area (Å²) in [6, 6.07) is 9.15. The van der Waals surface area contributed by atoms with Gasteiger partial charge in [0, 0.05) is 22.0 Å². The number of nitrogens with one attached hydrogen (secondary N) is 1. The third-order valence-electron chi connectivity index (χ3n) is 2.59. The maximum absolute atomic E-state index is 11.7. The number of aryl methyl sites for hydroxylation is 2. The highest BCUT2D eigenvalue weighted by Gasteiger charge is 2.05. The molecular weight excluding hydrogens is 320 g/mol. The number of hydrogen-bond donors (Lipinski definition) is 1. The number of carbonyl (C=O) groups is 1. The fourth-order valence-electron chi connectivity index (χ4n) is 1.67. The third kappa shape index (κ3) is 5.13. The van der Waals surface area contributed by atoms with Crippen LogP contribution < -0.4 is 5.43 Å². The summed E-state index contributed by atoms with van der Waals surface area (Å²) < 4.78 is 0. The first-order valence-electron chi connectivity index (χ1n) is 6.56. The fourth-order valence-corrected chi connectivity index (χ4v) is 2.60. The molecule has 0 aliphatic carbocycles. The van der Waals surface area contributed by atoms with Crippen LogP contribution >= 0.6 is 23.4 Å². The van der Waals surface area contributed by atoms with Crippen molar-refractivity contribution in [3.05, 3.63) is 52.3 Å². The predicted molar refractivity (Wildman–Crippen MR) is 89.4 cm³/mol. The van der Waals surface area contributed by atoms with E-state index in [0.717, 1.165) is 17.0 Å². The smallest absolute Gasteiger partial charge is 0.250 e. The molecule has 0 unspecified atom stereocenters. The monoisotopic (exact) mass is 334 g/mol. The Bertz CT molecular complexity index is 685. The van der Waals surface area contributed by atoms with Gasteiger partial charge in [0.1, 0.15) is 0 Å². The number of thioether (sulfide) groups is 1. The Balaban J connectivity index is 1.84. The van der Waals surface area contributed by atoms with Gasteiger partial charge in [0.2, 0.25) is 0 Å². The average molecular weight is 335 g/mol. The molecular formula is C15H15ClN4OS. The quantitative estimate of drug-likeness (QED) is 0.395. The van der Waals surface area contributed by atoms with Crippen LogP contribution in [0.5, 0.6) is 0 Å². The lowest BCUT2D eigenvalue weighted by molar-refractivity contribution is -0.118. The molecule has 1 amide bonds. The van der Waals surface area contributed by atoms with Crippen LogP contribution in [0.3, 0.4) is 0 Å². The van der Waals surface area contributed by atoms with Gasteiger partial charge in [0.15, 0.2) is 5.16 Å². The molecule has 1 N–H and O–H groups in total. The summed E-state index contributed by atoms with van der Waals surface area (Å²) >= 11 is 7.26. The molecule has 0 saturated heterocycles. The maximum Gasteiger partial charge on any atom is 0.250 e. The number of carbonyl (C=O) groups excluding carboxylic acids is 1. The Morgan fingerprint density at radius 2 is 2.00 bits per heavy atom. The molecule has 0 atom stereocenters. The Morgan fingerprint density at radius 1 is 1.32 bits per heavy atom. The van der Waals surface area contributed by atoms with Crippen LogP contribution in [0, 0.1) is 13.8 Å². The molecule has 2 aromatic rings. The second-order valence-electron chi connectivity index (χ2n) is 4.54. The van der Waals surface area contributed by atoms with E-state index in [2.05, 4.69) is 20.5 Å². The van der Waals surface area contributed by atoms with Crippen molar-refractivity contribution in [2.75, 3.05) is 5.75 Å². The van der Waals surface area contributed by atoms with Gasteiger partial charge in [-0.2, -0.15) is 5.10 Å². The molecule has 0 aliphatic heterocycles. The molecule has 0 saturated carbocycles. The lowest BCUT2D eigenvalue weighted by atomic mass is 10.2. The molecule has 0 spiro atoms. The zero-order chi connectivity index (χ0) is 15.9. The molecule has 5 nitrogen and oxygen atoms in total. The highest BCUT2D eigenvalue weighted by atomic mass is 35.5. The van der Waals surface area contributed by atoms with E-state index in [1.165, 1.54) is 18.0 Å². The van der Waals surface area contributed by atoms with Gasteiger partial charge >= 0.3 is 0 Å². The summed E-state index contributed by atoms with van der Waals surface area (Å²) in [4.78, 5) is 20.2. The van der Waals surface area contributed by atoms with Crippen LogP contribution in [0.15, 0.2) is 40.6 Å². The largest absolute Gasteiger partial charge is 0.272 e. The van der Waals surface area contributed by atoms with Crippen molar-refractivity contribution in [1.29, 1.82) is 0 Å². The lowest BCUT2D eigenvalue weighted by Gasteiger charge is -2.02. The highest BCUT2D eigenvalue weighted by Crippen LogP contribution is 2.14. The molecule has 1 aromatic heterocycles. The first kappa shape index (κ1) is 16.5. The van der Waals surface area contributed by atoms with Gasteiger partial charge in [0.25, 0.3) is 5.91 Å². The first-order chi connectivity index (χ1) is 10.5. The van der Waals surface area contributed by atoms with Crippen molar-refractivity contribution in [1.82, 2.24) is 15.4 Å². The van der Waals surface area contributed by atoms with E-state index in [0.29, 0.717) is 10.2 Å². The summed E-state index contributed by atoms with van der Waals surface area (Å²) in [5, 5.41) is 5.05. The summed E-state index contributed by atoms with van der Waals surface area (Å²) in [6.45, 7) is 3.79. The van der Waals surface area contributed by atoms with Crippen LogP contribution in [0.1, 0.15) is 17.0 Å². The molecule has 0 radical (unpaired) electrons. The minimum Gasteiger partial charge on any atom is -0.272 e.